The minimum absolute atomic E-state index is 0.280. The van der Waals surface area contributed by atoms with Crippen LogP contribution in [-0.4, -0.2) is 31.8 Å². The molecule has 1 fully saturated rings. The molecule has 21 heavy (non-hydrogen) atoms. The summed E-state index contributed by atoms with van der Waals surface area (Å²) in [6.07, 6.45) is 3.52. The fraction of sp³-hybridized carbons (Fsp3) is 0.643. The number of hydrogen-bond donors (Lipinski definition) is 0. The smallest absolute Gasteiger partial charge is 0.332 e. The molecule has 0 radical (unpaired) electrons. The zero-order valence-electron chi connectivity index (χ0n) is 12.8. The van der Waals surface area contributed by atoms with E-state index in [0.717, 1.165) is 36.4 Å². The Morgan fingerprint density at radius 2 is 1.71 bits per heavy atom. The van der Waals surface area contributed by atoms with Crippen molar-refractivity contribution in [2.45, 2.75) is 32.7 Å². The third-order valence-electron chi connectivity index (χ3n) is 4.29. The first-order valence-electron chi connectivity index (χ1n) is 7.47. The van der Waals surface area contributed by atoms with Gasteiger partial charge in [-0.2, -0.15) is 4.98 Å². The van der Waals surface area contributed by atoms with Crippen LogP contribution in [0.25, 0.3) is 11.2 Å². The van der Waals surface area contributed by atoms with Crippen molar-refractivity contribution in [2.75, 3.05) is 18.0 Å². The number of aromatic nitrogens is 4. The molecule has 0 spiro atoms. The topological polar surface area (TPSA) is 65.1 Å². The summed E-state index contributed by atoms with van der Waals surface area (Å²) in [5, 5.41) is 0. The molecule has 2 aromatic rings. The zero-order chi connectivity index (χ0) is 15.1. The highest BCUT2D eigenvalue weighted by Crippen LogP contribution is 2.21. The maximum absolute atomic E-state index is 12.4. The monoisotopic (exact) mass is 291 g/mol. The van der Waals surface area contributed by atoms with Crippen molar-refractivity contribution in [1.82, 2.24) is 18.7 Å². The second-order valence-electron chi connectivity index (χ2n) is 5.58. The number of fused-ring (bicyclic) bond motifs is 1. The first-order valence-corrected chi connectivity index (χ1v) is 7.47. The summed E-state index contributed by atoms with van der Waals surface area (Å²) in [7, 11) is 3.37. The number of hydrogen-bond acceptors (Lipinski definition) is 4. The van der Waals surface area contributed by atoms with Crippen molar-refractivity contribution >= 4 is 17.1 Å². The molecule has 0 N–H and O–H groups in total. The van der Waals surface area contributed by atoms with Crippen LogP contribution in [0, 0.1) is 0 Å². The quantitative estimate of drug-likeness (QED) is 0.805. The first kappa shape index (κ1) is 13.9. The van der Waals surface area contributed by atoms with Gasteiger partial charge in [0, 0.05) is 33.7 Å². The van der Waals surface area contributed by atoms with Crippen LogP contribution in [0.4, 0.5) is 5.95 Å². The molecule has 114 valence electrons. The molecule has 0 aliphatic carbocycles. The van der Waals surface area contributed by atoms with Crippen LogP contribution in [0.5, 0.6) is 0 Å². The van der Waals surface area contributed by atoms with Gasteiger partial charge < -0.3 is 9.47 Å². The lowest BCUT2D eigenvalue weighted by atomic mass is 10.1. The van der Waals surface area contributed by atoms with E-state index in [4.69, 9.17) is 0 Å². The normalized spacial score (nSPS) is 15.9. The van der Waals surface area contributed by atoms with E-state index in [2.05, 4.69) is 9.88 Å². The summed E-state index contributed by atoms with van der Waals surface area (Å²) in [6, 6.07) is 0. The molecular formula is C14H21N5O2. The second kappa shape index (κ2) is 5.05. The maximum atomic E-state index is 12.4. The van der Waals surface area contributed by atoms with Crippen LogP contribution in [0.15, 0.2) is 9.59 Å². The van der Waals surface area contributed by atoms with Gasteiger partial charge in [-0.25, -0.2) is 4.79 Å². The molecule has 3 rings (SSSR count). The molecule has 1 aliphatic rings. The number of imidazole rings is 1. The summed E-state index contributed by atoms with van der Waals surface area (Å²) in [5.41, 5.74) is 0.407. The van der Waals surface area contributed by atoms with Crippen molar-refractivity contribution in [3.8, 4) is 0 Å². The summed E-state index contributed by atoms with van der Waals surface area (Å²) >= 11 is 0. The highest BCUT2D eigenvalue weighted by Gasteiger charge is 2.22. The van der Waals surface area contributed by atoms with E-state index in [1.807, 2.05) is 18.5 Å². The average molecular weight is 291 g/mol. The molecule has 0 bridgehead atoms. The van der Waals surface area contributed by atoms with E-state index >= 15 is 0 Å². The van der Waals surface area contributed by atoms with Gasteiger partial charge in [-0.15, -0.1) is 0 Å². The molecule has 0 amide bonds. The second-order valence-corrected chi connectivity index (χ2v) is 5.58. The van der Waals surface area contributed by atoms with E-state index in [-0.39, 0.29) is 11.2 Å². The molecule has 7 nitrogen and oxygen atoms in total. The Morgan fingerprint density at radius 3 is 2.33 bits per heavy atom. The molecule has 0 aromatic carbocycles. The third-order valence-corrected chi connectivity index (χ3v) is 4.29. The van der Waals surface area contributed by atoms with Gasteiger partial charge in [-0.05, 0) is 26.2 Å². The molecule has 0 unspecified atom stereocenters. The standard InChI is InChI=1S/C14H21N5O2/c1-4-19-11-10(12(20)17(3)14(19)21)16(2)13(15-11)18-8-6-5-7-9-18/h4-9H2,1-3H3. The first-order chi connectivity index (χ1) is 10.1. The SMILES string of the molecule is CCn1c(=O)n(C)c(=O)c2c1nc(N1CCCCC1)n2C. The number of anilines is 1. The molecule has 0 atom stereocenters. The zero-order valence-corrected chi connectivity index (χ0v) is 12.8. The van der Waals surface area contributed by atoms with Gasteiger partial charge in [-0.1, -0.05) is 0 Å². The fourth-order valence-corrected chi connectivity index (χ4v) is 3.08. The van der Waals surface area contributed by atoms with Crippen LogP contribution in [0.1, 0.15) is 26.2 Å². The fourth-order valence-electron chi connectivity index (χ4n) is 3.08. The summed E-state index contributed by atoms with van der Waals surface area (Å²) in [4.78, 5) is 31.4. The lowest BCUT2D eigenvalue weighted by Crippen LogP contribution is -2.38. The Kier molecular flexibility index (Phi) is 3.35. The Bertz CT molecular complexity index is 792. The lowest BCUT2D eigenvalue weighted by molar-refractivity contribution is 0.563. The van der Waals surface area contributed by atoms with Crippen molar-refractivity contribution in [3.63, 3.8) is 0 Å². The van der Waals surface area contributed by atoms with E-state index in [1.54, 1.807) is 4.57 Å². The Balaban J connectivity index is 2.31. The number of nitrogens with zero attached hydrogens (tertiary/aromatic N) is 5. The maximum Gasteiger partial charge on any atom is 0.332 e. The van der Waals surface area contributed by atoms with E-state index in [1.165, 1.54) is 13.5 Å². The molecule has 3 heterocycles. The minimum atomic E-state index is -0.307. The molecular weight excluding hydrogens is 270 g/mol. The number of piperidine rings is 1. The molecule has 1 aliphatic heterocycles. The Morgan fingerprint density at radius 1 is 1.05 bits per heavy atom. The summed E-state index contributed by atoms with van der Waals surface area (Å²) in [6.45, 7) is 4.29. The van der Waals surface area contributed by atoms with E-state index in [9.17, 15) is 9.59 Å². The molecule has 2 aromatic heterocycles. The molecule has 1 saturated heterocycles. The predicted octanol–water partition coefficient (Wildman–Crippen LogP) is 0.444. The Labute approximate surface area is 122 Å². The van der Waals surface area contributed by atoms with Gasteiger partial charge >= 0.3 is 5.69 Å². The largest absolute Gasteiger partial charge is 0.342 e. The highest BCUT2D eigenvalue weighted by atomic mass is 16.2. The lowest BCUT2D eigenvalue weighted by Gasteiger charge is -2.27. The van der Waals surface area contributed by atoms with Crippen molar-refractivity contribution in [3.05, 3.63) is 20.8 Å². The van der Waals surface area contributed by atoms with Crippen LogP contribution in [0.2, 0.25) is 0 Å². The van der Waals surface area contributed by atoms with Gasteiger partial charge in [0.25, 0.3) is 5.56 Å². The van der Waals surface area contributed by atoms with Crippen LogP contribution in [-0.2, 0) is 20.6 Å². The van der Waals surface area contributed by atoms with Gasteiger partial charge in [-0.3, -0.25) is 13.9 Å². The predicted molar refractivity (Wildman–Crippen MR) is 82.0 cm³/mol. The van der Waals surface area contributed by atoms with E-state index in [0.29, 0.717) is 17.7 Å². The van der Waals surface area contributed by atoms with Crippen molar-refractivity contribution in [2.24, 2.45) is 14.1 Å². The number of aryl methyl sites for hydroxylation is 2. The van der Waals surface area contributed by atoms with Gasteiger partial charge in [0.2, 0.25) is 5.95 Å². The minimum Gasteiger partial charge on any atom is -0.342 e. The number of rotatable bonds is 2. The van der Waals surface area contributed by atoms with Gasteiger partial charge in [0.1, 0.15) is 0 Å². The average Bonchev–Trinajstić information content (AvgIpc) is 2.84. The van der Waals surface area contributed by atoms with Crippen LogP contribution < -0.4 is 16.1 Å². The summed E-state index contributed by atoms with van der Waals surface area (Å²) in [5.74, 6) is 0.787. The van der Waals surface area contributed by atoms with E-state index < -0.39 is 0 Å². The van der Waals surface area contributed by atoms with Crippen molar-refractivity contribution < 1.29 is 0 Å². The molecule has 0 saturated carbocycles. The van der Waals surface area contributed by atoms with Crippen LogP contribution >= 0.6 is 0 Å². The van der Waals surface area contributed by atoms with Crippen molar-refractivity contribution in [1.29, 1.82) is 0 Å². The third kappa shape index (κ3) is 1.99. The Hall–Kier alpha value is -2.05. The van der Waals surface area contributed by atoms with Gasteiger partial charge in [0.05, 0.1) is 0 Å². The van der Waals surface area contributed by atoms with Crippen LogP contribution in [0.3, 0.4) is 0 Å². The highest BCUT2D eigenvalue weighted by molar-refractivity contribution is 5.74. The molecule has 7 heteroatoms. The van der Waals surface area contributed by atoms with Gasteiger partial charge in [0.15, 0.2) is 11.2 Å². The summed E-state index contributed by atoms with van der Waals surface area (Å²) < 4.78 is 4.55.